The molecule has 0 bridgehead atoms. The normalized spacial score (nSPS) is 21.8. The molecule has 122 valence electrons. The van der Waals surface area contributed by atoms with E-state index in [-0.39, 0.29) is 11.9 Å². The lowest BCUT2D eigenvalue weighted by Gasteiger charge is -2.26. The number of allylic oxidation sites excluding steroid dienone is 1. The Hall–Kier alpha value is -1.35. The summed E-state index contributed by atoms with van der Waals surface area (Å²) in [5.74, 6) is 1.38. The number of benzene rings is 1. The van der Waals surface area contributed by atoms with Gasteiger partial charge in [-0.05, 0) is 43.6 Å². The number of halogens is 1. The summed E-state index contributed by atoms with van der Waals surface area (Å²) in [6.07, 6.45) is 6.60. The molecule has 2 nitrogen and oxygen atoms in total. The molecule has 0 atom stereocenters. The van der Waals surface area contributed by atoms with Crippen LogP contribution in [0.2, 0.25) is 0 Å². The lowest BCUT2D eigenvalue weighted by atomic mass is 9.87. The number of hydrogen-bond acceptors (Lipinski definition) is 2. The maximum Gasteiger partial charge on any atom is 0.132 e. The van der Waals surface area contributed by atoms with Crippen LogP contribution < -0.4 is 4.74 Å². The zero-order chi connectivity index (χ0) is 15.9. The molecule has 0 radical (unpaired) electrons. The van der Waals surface area contributed by atoms with Gasteiger partial charge in [-0.1, -0.05) is 26.0 Å². The first-order valence-electron chi connectivity index (χ1n) is 8.24. The molecule has 0 amide bonds. The molecule has 0 saturated heterocycles. The third-order valence-corrected chi connectivity index (χ3v) is 4.13. The minimum absolute atomic E-state index is 0.243. The van der Waals surface area contributed by atoms with Crippen LogP contribution in [0, 0.1) is 17.7 Å². The van der Waals surface area contributed by atoms with Gasteiger partial charge in [-0.2, -0.15) is 0 Å². The van der Waals surface area contributed by atoms with Gasteiger partial charge in [0.15, 0.2) is 0 Å². The van der Waals surface area contributed by atoms with Crippen LogP contribution in [0.3, 0.4) is 0 Å². The molecule has 3 heteroatoms. The molecule has 0 aromatic heterocycles. The van der Waals surface area contributed by atoms with Crippen molar-refractivity contribution in [2.75, 3.05) is 6.61 Å². The van der Waals surface area contributed by atoms with Gasteiger partial charge in [0.1, 0.15) is 11.6 Å². The maximum absolute atomic E-state index is 14.1. The van der Waals surface area contributed by atoms with Crippen LogP contribution in [0.25, 0.3) is 0 Å². The topological polar surface area (TPSA) is 18.5 Å². The lowest BCUT2D eigenvalue weighted by molar-refractivity contribution is 0.00984. The molecule has 1 aromatic rings. The van der Waals surface area contributed by atoms with Gasteiger partial charge in [0.2, 0.25) is 0 Å². The van der Waals surface area contributed by atoms with Crippen molar-refractivity contribution in [1.29, 1.82) is 0 Å². The minimum Gasteiger partial charge on any atom is -0.493 e. The highest BCUT2D eigenvalue weighted by Crippen LogP contribution is 2.28. The summed E-state index contributed by atoms with van der Waals surface area (Å²) in [6.45, 7) is 8.92. The van der Waals surface area contributed by atoms with Crippen molar-refractivity contribution in [3.8, 4) is 5.75 Å². The van der Waals surface area contributed by atoms with E-state index in [2.05, 4.69) is 20.4 Å². The number of rotatable bonds is 7. The van der Waals surface area contributed by atoms with Crippen LogP contribution in [0.4, 0.5) is 4.39 Å². The van der Waals surface area contributed by atoms with Crippen molar-refractivity contribution < 1.29 is 13.9 Å². The van der Waals surface area contributed by atoms with E-state index in [1.54, 1.807) is 6.07 Å². The van der Waals surface area contributed by atoms with E-state index in [4.69, 9.17) is 9.47 Å². The molecular weight excluding hydrogens is 279 g/mol. The third-order valence-electron chi connectivity index (χ3n) is 4.13. The van der Waals surface area contributed by atoms with Crippen LogP contribution in [0.5, 0.6) is 5.75 Å². The fourth-order valence-corrected chi connectivity index (χ4v) is 2.70. The lowest BCUT2D eigenvalue weighted by Crippen LogP contribution is -2.20. The number of ether oxygens (including phenoxy) is 2. The zero-order valence-electron chi connectivity index (χ0n) is 13.7. The highest BCUT2D eigenvalue weighted by atomic mass is 19.1. The van der Waals surface area contributed by atoms with Crippen LogP contribution in [0.1, 0.15) is 45.1 Å². The monoisotopic (exact) mass is 306 g/mol. The Morgan fingerprint density at radius 2 is 2.00 bits per heavy atom. The Kier molecular flexibility index (Phi) is 6.44. The molecule has 1 fully saturated rings. The molecule has 0 aliphatic heterocycles. The second-order valence-corrected chi connectivity index (χ2v) is 6.54. The maximum atomic E-state index is 14.1. The van der Waals surface area contributed by atoms with Crippen LogP contribution >= 0.6 is 0 Å². The molecule has 2 rings (SSSR count). The smallest absolute Gasteiger partial charge is 0.132 e. The first-order chi connectivity index (χ1) is 10.6. The van der Waals surface area contributed by atoms with Crippen LogP contribution in [0.15, 0.2) is 30.9 Å². The molecule has 0 N–H and O–H groups in total. The van der Waals surface area contributed by atoms with Gasteiger partial charge < -0.3 is 9.47 Å². The van der Waals surface area contributed by atoms with E-state index >= 15 is 0 Å². The molecule has 1 saturated carbocycles. The molecular formula is C19H27FO2. The Bertz CT molecular complexity index is 476. The van der Waals surface area contributed by atoms with Gasteiger partial charge in [0.05, 0.1) is 19.3 Å². The van der Waals surface area contributed by atoms with Crippen molar-refractivity contribution in [1.82, 2.24) is 0 Å². The Morgan fingerprint density at radius 3 is 2.59 bits per heavy atom. The summed E-state index contributed by atoms with van der Waals surface area (Å²) in [5.41, 5.74) is 0.600. The Labute approximate surface area is 133 Å². The summed E-state index contributed by atoms with van der Waals surface area (Å²) < 4.78 is 25.5. The van der Waals surface area contributed by atoms with Gasteiger partial charge in [-0.25, -0.2) is 4.39 Å². The largest absolute Gasteiger partial charge is 0.493 e. The molecule has 1 aliphatic rings. The van der Waals surface area contributed by atoms with Crippen molar-refractivity contribution in [3.05, 3.63) is 42.2 Å². The highest BCUT2D eigenvalue weighted by Gasteiger charge is 2.20. The molecule has 1 aromatic carbocycles. The van der Waals surface area contributed by atoms with Crippen molar-refractivity contribution in [2.24, 2.45) is 11.8 Å². The minimum atomic E-state index is -0.249. The second-order valence-electron chi connectivity index (χ2n) is 6.54. The quantitative estimate of drug-likeness (QED) is 0.651. The average molecular weight is 306 g/mol. The summed E-state index contributed by atoms with van der Waals surface area (Å²) in [5, 5.41) is 0. The van der Waals surface area contributed by atoms with E-state index in [1.165, 1.54) is 6.07 Å². The SMILES string of the molecule is C=CC1CCC(OCc2ccc(OCC(C)C)cc2F)CC1. The second kappa shape index (κ2) is 8.33. The third kappa shape index (κ3) is 5.13. The Balaban J connectivity index is 1.81. The molecule has 22 heavy (non-hydrogen) atoms. The molecule has 0 unspecified atom stereocenters. The fourth-order valence-electron chi connectivity index (χ4n) is 2.70. The Morgan fingerprint density at radius 1 is 1.27 bits per heavy atom. The van der Waals surface area contributed by atoms with Gasteiger partial charge >= 0.3 is 0 Å². The fraction of sp³-hybridized carbons (Fsp3) is 0.579. The van der Waals surface area contributed by atoms with Crippen molar-refractivity contribution in [2.45, 2.75) is 52.2 Å². The predicted molar refractivity (Wildman–Crippen MR) is 87.5 cm³/mol. The molecule has 0 heterocycles. The standard InChI is InChI=1S/C19H27FO2/c1-4-15-5-8-17(9-6-15)22-13-16-7-10-18(11-19(16)20)21-12-14(2)3/h4,7,10-11,14-15,17H,1,5-6,8-9,12-13H2,2-3H3. The summed E-state index contributed by atoms with van der Waals surface area (Å²) in [4.78, 5) is 0. The van der Waals surface area contributed by atoms with E-state index < -0.39 is 0 Å². The first kappa shape index (κ1) is 17.0. The van der Waals surface area contributed by atoms with Crippen LogP contribution in [-0.4, -0.2) is 12.7 Å². The molecule has 1 aliphatic carbocycles. The van der Waals surface area contributed by atoms with E-state index in [0.29, 0.717) is 36.4 Å². The van der Waals surface area contributed by atoms with E-state index in [0.717, 1.165) is 25.7 Å². The van der Waals surface area contributed by atoms with Gasteiger partial charge in [0, 0.05) is 11.6 Å². The zero-order valence-corrected chi connectivity index (χ0v) is 13.7. The van der Waals surface area contributed by atoms with Gasteiger partial charge in [-0.3, -0.25) is 0 Å². The van der Waals surface area contributed by atoms with Crippen molar-refractivity contribution in [3.63, 3.8) is 0 Å². The van der Waals surface area contributed by atoms with Crippen LogP contribution in [-0.2, 0) is 11.3 Å². The highest BCUT2D eigenvalue weighted by molar-refractivity contribution is 5.28. The number of hydrogen-bond donors (Lipinski definition) is 0. The predicted octanol–water partition coefficient (Wildman–Crippen LogP) is 5.12. The summed E-state index contributed by atoms with van der Waals surface area (Å²) in [7, 11) is 0. The van der Waals surface area contributed by atoms with Gasteiger partial charge in [0.25, 0.3) is 0 Å². The van der Waals surface area contributed by atoms with E-state index in [9.17, 15) is 4.39 Å². The van der Waals surface area contributed by atoms with Gasteiger partial charge in [-0.15, -0.1) is 6.58 Å². The average Bonchev–Trinajstić information content (AvgIpc) is 2.52. The molecule has 0 spiro atoms. The van der Waals surface area contributed by atoms with Crippen molar-refractivity contribution >= 4 is 0 Å². The summed E-state index contributed by atoms with van der Waals surface area (Å²) in [6, 6.07) is 5.04. The first-order valence-corrected chi connectivity index (χ1v) is 8.24. The van der Waals surface area contributed by atoms with E-state index in [1.807, 2.05) is 12.1 Å². The summed E-state index contributed by atoms with van der Waals surface area (Å²) >= 11 is 0.